The Hall–Kier alpha value is -6.22. The van der Waals surface area contributed by atoms with E-state index in [9.17, 15) is 44.8 Å². The van der Waals surface area contributed by atoms with Crippen LogP contribution in [-0.4, -0.2) is 9.13 Å². The molecule has 2 heterocycles. The monoisotopic (exact) mass is 755 g/mol. The van der Waals surface area contributed by atoms with Crippen molar-refractivity contribution in [3.05, 3.63) is 142 Å². The Morgan fingerprint density at radius 3 is 1.33 bits per heavy atom. The summed E-state index contributed by atoms with van der Waals surface area (Å²) in [5.41, 5.74) is 0.0337. The smallest absolute Gasteiger partial charge is 0.309 e. The molecule has 0 unspecified atom stereocenters. The molecule has 0 radical (unpaired) electrons. The lowest BCUT2D eigenvalue weighted by atomic mass is 9.96. The van der Waals surface area contributed by atoms with Gasteiger partial charge in [0, 0.05) is 27.1 Å². The summed E-state index contributed by atoms with van der Waals surface area (Å²) in [6.45, 7) is 5.03. The van der Waals surface area contributed by atoms with Crippen LogP contribution in [0.15, 0.2) is 103 Å². The second kappa shape index (κ2) is 12.1. The SMILES string of the molecule is Cc1cc(-c2cc(-n3c4cc(C)ccc4c4ccc(C(F)(F)F)cc43)c(C#N)cc2-n2c3cc(C)ccc3c3ccc(C(F)(F)F)cc32)cc(C(F)(F)F)c1. The van der Waals surface area contributed by atoms with Crippen molar-refractivity contribution in [1.82, 2.24) is 9.13 Å². The molecule has 0 fully saturated rings. The normalized spacial score (nSPS) is 12.7. The molecule has 6 aromatic carbocycles. The molecule has 0 aliphatic rings. The highest BCUT2D eigenvalue weighted by atomic mass is 19.4. The number of aryl methyl sites for hydroxylation is 3. The average molecular weight is 756 g/mol. The molecule has 0 aliphatic heterocycles. The third kappa shape index (κ3) is 5.95. The van der Waals surface area contributed by atoms with Crippen molar-refractivity contribution in [1.29, 1.82) is 5.26 Å². The summed E-state index contributed by atoms with van der Waals surface area (Å²) in [5.74, 6) is 0. The lowest BCUT2D eigenvalue weighted by Crippen LogP contribution is -2.08. The second-order valence-electron chi connectivity index (χ2n) is 13.8. The van der Waals surface area contributed by atoms with E-state index < -0.39 is 35.2 Å². The van der Waals surface area contributed by atoms with Crippen LogP contribution in [0.3, 0.4) is 0 Å². The highest BCUT2D eigenvalue weighted by molar-refractivity contribution is 6.11. The minimum atomic E-state index is -4.78. The van der Waals surface area contributed by atoms with Crippen molar-refractivity contribution < 1.29 is 39.5 Å². The minimum absolute atomic E-state index is 0.0237. The van der Waals surface area contributed by atoms with Crippen LogP contribution in [0.2, 0.25) is 0 Å². The van der Waals surface area contributed by atoms with E-state index in [4.69, 9.17) is 0 Å². The number of halogens is 9. The van der Waals surface area contributed by atoms with E-state index in [0.29, 0.717) is 32.6 Å². The first-order chi connectivity index (χ1) is 25.8. The maximum Gasteiger partial charge on any atom is 0.416 e. The molecule has 3 nitrogen and oxygen atoms in total. The number of nitrogens with zero attached hydrogens (tertiary/aromatic N) is 3. The van der Waals surface area contributed by atoms with Gasteiger partial charge in [0.25, 0.3) is 0 Å². The summed E-state index contributed by atoms with van der Waals surface area (Å²) in [6, 6.07) is 25.3. The molecule has 0 saturated carbocycles. The highest BCUT2D eigenvalue weighted by Crippen LogP contribution is 2.44. The predicted molar refractivity (Wildman–Crippen MR) is 194 cm³/mol. The van der Waals surface area contributed by atoms with Gasteiger partial charge in [0.1, 0.15) is 6.07 Å². The van der Waals surface area contributed by atoms with Gasteiger partial charge in [0.15, 0.2) is 0 Å². The van der Waals surface area contributed by atoms with Crippen LogP contribution in [0.4, 0.5) is 39.5 Å². The Balaban J connectivity index is 1.57. The first-order valence-corrected chi connectivity index (χ1v) is 16.9. The van der Waals surface area contributed by atoms with Crippen molar-refractivity contribution in [2.24, 2.45) is 0 Å². The predicted octanol–water partition coefficient (Wildman–Crippen LogP) is 13.4. The zero-order chi connectivity index (χ0) is 39.4. The van der Waals surface area contributed by atoms with Gasteiger partial charge in [-0.3, -0.25) is 0 Å². The lowest BCUT2D eigenvalue weighted by molar-refractivity contribution is -0.138. The van der Waals surface area contributed by atoms with Gasteiger partial charge >= 0.3 is 18.5 Å². The largest absolute Gasteiger partial charge is 0.416 e. The number of aromatic nitrogens is 2. The van der Waals surface area contributed by atoms with E-state index in [1.54, 1.807) is 50.2 Å². The Morgan fingerprint density at radius 1 is 0.436 bits per heavy atom. The topological polar surface area (TPSA) is 33.6 Å². The van der Waals surface area contributed by atoms with Crippen LogP contribution in [0.1, 0.15) is 38.9 Å². The zero-order valence-electron chi connectivity index (χ0n) is 29.1. The van der Waals surface area contributed by atoms with Crippen LogP contribution in [0.5, 0.6) is 0 Å². The van der Waals surface area contributed by atoms with Gasteiger partial charge in [-0.25, -0.2) is 0 Å². The third-order valence-electron chi connectivity index (χ3n) is 9.93. The number of hydrogen-bond acceptors (Lipinski definition) is 1. The summed E-state index contributed by atoms with van der Waals surface area (Å²) in [6.07, 6.45) is -14.2. The highest BCUT2D eigenvalue weighted by Gasteiger charge is 2.34. The maximum atomic E-state index is 14.3. The molecule has 12 heteroatoms. The van der Waals surface area contributed by atoms with E-state index in [0.717, 1.165) is 47.5 Å². The maximum absolute atomic E-state index is 14.3. The number of benzene rings is 6. The molecule has 0 N–H and O–H groups in total. The number of alkyl halides is 9. The molecule has 0 bridgehead atoms. The fraction of sp³-hybridized carbons (Fsp3) is 0.140. The van der Waals surface area contributed by atoms with Gasteiger partial charge in [-0.2, -0.15) is 44.8 Å². The molecule has 0 aliphatic carbocycles. The van der Waals surface area contributed by atoms with Crippen LogP contribution >= 0.6 is 0 Å². The van der Waals surface area contributed by atoms with Crippen LogP contribution in [-0.2, 0) is 18.5 Å². The summed E-state index contributed by atoms with van der Waals surface area (Å²) in [4.78, 5) is 0. The standard InChI is InChI=1S/C43H26F9N3/c1-22-4-8-30-32-10-6-27(41(44,45)46)18-39(32)54(36(30)14-22)35-20-34(25-12-24(3)13-29(16-25)43(50,51)52)38(17-26(35)21-53)55-37-15-23(2)5-9-31(37)33-11-7-28(19-40(33)55)42(47,48)49/h4-20H,1-3H3. The summed E-state index contributed by atoms with van der Waals surface area (Å²) >= 11 is 0. The number of nitriles is 1. The van der Waals surface area contributed by atoms with Crippen molar-refractivity contribution in [2.45, 2.75) is 39.3 Å². The third-order valence-corrected chi connectivity index (χ3v) is 9.93. The summed E-state index contributed by atoms with van der Waals surface area (Å²) in [5, 5.41) is 12.7. The van der Waals surface area contributed by atoms with E-state index in [2.05, 4.69) is 6.07 Å². The molecule has 2 aromatic heterocycles. The zero-order valence-corrected chi connectivity index (χ0v) is 29.1. The second-order valence-corrected chi connectivity index (χ2v) is 13.8. The molecular weight excluding hydrogens is 729 g/mol. The quantitative estimate of drug-likeness (QED) is 0.165. The van der Waals surface area contributed by atoms with Crippen molar-refractivity contribution in [3.63, 3.8) is 0 Å². The average Bonchev–Trinajstić information content (AvgIpc) is 3.60. The fourth-order valence-electron chi connectivity index (χ4n) is 7.50. The van der Waals surface area contributed by atoms with Crippen LogP contribution in [0, 0.1) is 32.1 Å². The molecule has 276 valence electrons. The van der Waals surface area contributed by atoms with Gasteiger partial charge in [-0.15, -0.1) is 0 Å². The first kappa shape index (κ1) is 35.8. The van der Waals surface area contributed by atoms with E-state index in [1.165, 1.54) is 46.4 Å². The molecule has 8 aromatic rings. The van der Waals surface area contributed by atoms with E-state index in [-0.39, 0.29) is 44.7 Å². The first-order valence-electron chi connectivity index (χ1n) is 16.9. The van der Waals surface area contributed by atoms with Gasteiger partial charge in [-0.1, -0.05) is 42.5 Å². The minimum Gasteiger partial charge on any atom is -0.309 e. The van der Waals surface area contributed by atoms with Gasteiger partial charge < -0.3 is 9.13 Å². The van der Waals surface area contributed by atoms with Gasteiger partial charge in [-0.05, 0) is 104 Å². The Labute approximate surface area is 307 Å². The Kier molecular flexibility index (Phi) is 7.90. The summed E-state index contributed by atoms with van der Waals surface area (Å²) in [7, 11) is 0. The molecular formula is C43H26F9N3. The number of rotatable bonds is 3. The van der Waals surface area contributed by atoms with Crippen molar-refractivity contribution in [2.75, 3.05) is 0 Å². The molecule has 0 atom stereocenters. The van der Waals surface area contributed by atoms with Crippen molar-refractivity contribution in [3.8, 4) is 28.6 Å². The fourth-order valence-corrected chi connectivity index (χ4v) is 7.50. The molecule has 0 spiro atoms. The van der Waals surface area contributed by atoms with Crippen molar-refractivity contribution >= 4 is 43.6 Å². The van der Waals surface area contributed by atoms with Gasteiger partial charge in [0.2, 0.25) is 0 Å². The molecule has 55 heavy (non-hydrogen) atoms. The molecule has 0 amide bonds. The number of hydrogen-bond donors (Lipinski definition) is 0. The Bertz CT molecular complexity index is 2930. The van der Waals surface area contributed by atoms with Gasteiger partial charge in [0.05, 0.1) is 55.7 Å². The van der Waals surface area contributed by atoms with Crippen LogP contribution < -0.4 is 0 Å². The lowest BCUT2D eigenvalue weighted by Gasteiger charge is -2.20. The van der Waals surface area contributed by atoms with Crippen LogP contribution in [0.25, 0.3) is 66.1 Å². The Morgan fingerprint density at radius 2 is 0.873 bits per heavy atom. The molecule has 0 saturated heterocycles. The molecule has 8 rings (SSSR count). The summed E-state index contributed by atoms with van der Waals surface area (Å²) < 4.78 is 131. The van der Waals surface area contributed by atoms with E-state index >= 15 is 0 Å². The number of fused-ring (bicyclic) bond motifs is 6. The van der Waals surface area contributed by atoms with E-state index in [1.807, 2.05) is 0 Å².